The van der Waals surface area contributed by atoms with Gasteiger partial charge in [-0.1, -0.05) is 134 Å². The Bertz CT molecular complexity index is 3820. The van der Waals surface area contributed by atoms with Crippen LogP contribution in [0, 0.1) is 0 Å². The van der Waals surface area contributed by atoms with Gasteiger partial charge in [-0.15, -0.1) is 0 Å². The van der Waals surface area contributed by atoms with Crippen molar-refractivity contribution in [2.45, 2.75) is 157 Å². The van der Waals surface area contributed by atoms with Gasteiger partial charge < -0.3 is 18.3 Å². The van der Waals surface area contributed by atoms with Crippen molar-refractivity contribution < 1.29 is 0 Å². The Morgan fingerprint density at radius 3 is 0.851 bits per heavy atom. The number of pyridine rings is 2. The molecule has 0 saturated heterocycles. The lowest BCUT2D eigenvalue weighted by atomic mass is 9.85. The van der Waals surface area contributed by atoms with Gasteiger partial charge in [0.25, 0.3) is 0 Å². The second kappa shape index (κ2) is 17.3. The first kappa shape index (κ1) is 49.3. The second-order valence-corrected chi connectivity index (χ2v) is 25.6. The molecule has 0 saturated carbocycles. The Hall–Kier alpha value is -6.92. The summed E-state index contributed by atoms with van der Waals surface area (Å²) in [5.74, 6) is 0. The van der Waals surface area contributed by atoms with Gasteiger partial charge in [0.2, 0.25) is 0 Å². The Kier molecular flexibility index (Phi) is 11.5. The molecule has 0 aliphatic heterocycles. The van der Waals surface area contributed by atoms with Crippen molar-refractivity contribution in [2.24, 2.45) is 0 Å². The first-order valence-corrected chi connectivity index (χ1v) is 27.3. The van der Waals surface area contributed by atoms with Crippen LogP contribution in [0.2, 0.25) is 0 Å². The predicted octanol–water partition coefficient (Wildman–Crippen LogP) is 17.6. The summed E-state index contributed by atoms with van der Waals surface area (Å²) in [4.78, 5) is 30.8. The van der Waals surface area contributed by atoms with E-state index in [2.05, 4.69) is 224 Å². The normalized spacial score (nSPS) is 13.2. The Morgan fingerprint density at radius 1 is 0.311 bits per heavy atom. The molecule has 7 aromatic carbocycles. The van der Waals surface area contributed by atoms with Crippen LogP contribution in [0.3, 0.4) is 0 Å². The van der Waals surface area contributed by atoms with E-state index < -0.39 is 0 Å². The van der Waals surface area contributed by atoms with Crippen molar-refractivity contribution in [2.75, 3.05) is 0 Å². The lowest BCUT2D eigenvalue weighted by molar-refractivity contribution is 0.590. The molecule has 0 fully saturated rings. The number of hydrogen-bond acceptors (Lipinski definition) is 2. The fourth-order valence-electron chi connectivity index (χ4n) is 11.7. The Balaban J connectivity index is 1.16. The lowest BCUT2D eigenvalue weighted by Crippen LogP contribution is -2.16. The molecule has 0 N–H and O–H groups in total. The van der Waals surface area contributed by atoms with Crippen LogP contribution < -0.4 is 10.9 Å². The molecule has 11 rings (SSSR count). The van der Waals surface area contributed by atoms with Crippen LogP contribution in [0.5, 0.6) is 0 Å². The number of fused-ring (bicyclic) bond motifs is 10. The third kappa shape index (κ3) is 7.97. The molecule has 0 amide bonds. The molecule has 0 atom stereocenters. The zero-order valence-corrected chi connectivity index (χ0v) is 46.4. The van der Waals surface area contributed by atoms with Gasteiger partial charge in [0.1, 0.15) is 0 Å². The molecule has 4 aromatic heterocycles. The summed E-state index contributed by atoms with van der Waals surface area (Å²) in [5, 5.41) is 7.50. The number of unbranched alkanes of at least 4 members (excludes halogenated alkanes) is 2. The molecular formula is C68H74N4O2. The molecule has 4 heterocycles. The number of aryl methyl sites for hydroxylation is 2. The van der Waals surface area contributed by atoms with E-state index in [-0.39, 0.29) is 32.5 Å². The highest BCUT2D eigenvalue weighted by molar-refractivity contribution is 6.12. The van der Waals surface area contributed by atoms with Gasteiger partial charge >= 0.3 is 0 Å². The van der Waals surface area contributed by atoms with Gasteiger partial charge in [-0.3, -0.25) is 9.59 Å². The van der Waals surface area contributed by atoms with Gasteiger partial charge in [0.05, 0.1) is 44.1 Å². The Morgan fingerprint density at radius 2 is 0.581 bits per heavy atom. The summed E-state index contributed by atoms with van der Waals surface area (Å²) in [6.07, 6.45) is 3.84. The van der Waals surface area contributed by atoms with Gasteiger partial charge in [0, 0.05) is 67.6 Å². The second-order valence-electron chi connectivity index (χ2n) is 25.6. The summed E-state index contributed by atoms with van der Waals surface area (Å²) >= 11 is 0. The van der Waals surface area contributed by atoms with Crippen LogP contribution in [-0.2, 0) is 34.7 Å². The van der Waals surface area contributed by atoms with Crippen molar-refractivity contribution in [1.29, 1.82) is 0 Å². The van der Waals surface area contributed by atoms with Gasteiger partial charge in [0.15, 0.2) is 10.9 Å². The quantitative estimate of drug-likeness (QED) is 0.142. The third-order valence-corrected chi connectivity index (χ3v) is 16.2. The molecule has 378 valence electrons. The molecular weight excluding hydrogens is 905 g/mol. The van der Waals surface area contributed by atoms with Crippen LogP contribution in [0.4, 0.5) is 0 Å². The number of nitrogens with zero attached hydrogens (tertiary/aromatic N) is 4. The highest BCUT2D eigenvalue weighted by atomic mass is 16.1. The minimum atomic E-state index is -0.0159. The fraction of sp³-hybridized carbons (Fsp3) is 0.353. The van der Waals surface area contributed by atoms with E-state index in [1.165, 1.54) is 43.8 Å². The van der Waals surface area contributed by atoms with Crippen LogP contribution in [0.25, 0.3) is 98.6 Å². The molecule has 0 bridgehead atoms. The first-order chi connectivity index (χ1) is 35.0. The van der Waals surface area contributed by atoms with Crippen molar-refractivity contribution in [3.8, 4) is 11.4 Å². The van der Waals surface area contributed by atoms with Gasteiger partial charge in [-0.2, -0.15) is 0 Å². The third-order valence-electron chi connectivity index (χ3n) is 16.2. The zero-order chi connectivity index (χ0) is 52.6. The molecule has 0 aliphatic carbocycles. The minimum absolute atomic E-state index is 0.0136. The van der Waals surface area contributed by atoms with Crippen molar-refractivity contribution >= 4 is 87.2 Å². The molecule has 0 unspecified atom stereocenters. The van der Waals surface area contributed by atoms with E-state index in [9.17, 15) is 0 Å². The standard InChI is InChI=1S/C68H74N4O2/c1-15-17-31-69-55-29-23-45(71-57-25-19-41(65(3,4)5)33-47(57)48-34-42(66(6,7)8)20-26-58(48)71)37-51(55)63(73)53-40-62-54(39-61(53)69)64(74)52-38-46(24-30-56(52)70(62)32-18-16-2)72-59-27-21-43(67(9,10)11)35-49(59)50-36-44(68(12,13)14)22-28-60(50)72/h19-30,33-40H,15-18,31-32H2,1-14H3. The van der Waals surface area contributed by atoms with E-state index in [1.54, 1.807) is 0 Å². The first-order valence-electron chi connectivity index (χ1n) is 27.3. The van der Waals surface area contributed by atoms with Crippen molar-refractivity contribution in [3.05, 3.63) is 164 Å². The van der Waals surface area contributed by atoms with E-state index in [0.29, 0.717) is 21.5 Å². The molecule has 6 nitrogen and oxygen atoms in total. The average molecular weight is 979 g/mol. The largest absolute Gasteiger partial charge is 0.340 e. The lowest BCUT2D eigenvalue weighted by Gasteiger charge is -2.20. The van der Waals surface area contributed by atoms with Crippen LogP contribution >= 0.6 is 0 Å². The fourth-order valence-corrected chi connectivity index (χ4v) is 11.7. The molecule has 6 heteroatoms. The maximum absolute atomic E-state index is 15.4. The van der Waals surface area contributed by atoms with Gasteiger partial charge in [-0.25, -0.2) is 0 Å². The minimum Gasteiger partial charge on any atom is -0.340 e. The van der Waals surface area contributed by atoms with E-state index in [0.717, 1.165) is 94.3 Å². The summed E-state index contributed by atoms with van der Waals surface area (Å²) in [6, 6.07) is 44.5. The zero-order valence-electron chi connectivity index (χ0n) is 46.4. The van der Waals surface area contributed by atoms with E-state index >= 15 is 9.59 Å². The smallest absolute Gasteiger partial charge is 0.197 e. The van der Waals surface area contributed by atoms with Crippen LogP contribution in [0.15, 0.2) is 131 Å². The number of benzene rings is 7. The maximum Gasteiger partial charge on any atom is 0.197 e. The molecule has 74 heavy (non-hydrogen) atoms. The maximum atomic E-state index is 15.4. The molecule has 0 aliphatic rings. The van der Waals surface area contributed by atoms with Crippen LogP contribution in [-0.4, -0.2) is 18.3 Å². The summed E-state index contributed by atoms with van der Waals surface area (Å²) < 4.78 is 9.31. The van der Waals surface area contributed by atoms with Gasteiger partial charge in [-0.05, 0) is 154 Å². The predicted molar refractivity (Wildman–Crippen MR) is 318 cm³/mol. The highest BCUT2D eigenvalue weighted by Gasteiger charge is 2.25. The number of hydrogen-bond donors (Lipinski definition) is 0. The Labute approximate surface area is 436 Å². The molecule has 0 spiro atoms. The summed E-state index contributed by atoms with van der Waals surface area (Å²) in [7, 11) is 0. The SMILES string of the molecule is CCCCn1c2ccc(-n3c4ccc(C(C)(C)C)cc4c4cc(C(C)(C)C)ccc43)cc2c(=O)c2cc3c(cc21)c(=O)c1cc(-n2c4ccc(C(C)(C)C)cc4c4cc(C(C)(C)C)ccc42)ccc1n3CCCC. The number of aromatic nitrogens is 4. The summed E-state index contributed by atoms with van der Waals surface area (Å²) in [6.45, 7) is 33.1. The van der Waals surface area contributed by atoms with E-state index in [1.807, 2.05) is 12.1 Å². The van der Waals surface area contributed by atoms with E-state index in [4.69, 9.17) is 0 Å². The number of rotatable bonds is 8. The topological polar surface area (TPSA) is 53.9 Å². The monoisotopic (exact) mass is 979 g/mol. The van der Waals surface area contributed by atoms with Crippen molar-refractivity contribution in [1.82, 2.24) is 18.3 Å². The highest BCUT2D eigenvalue weighted by Crippen LogP contribution is 2.41. The average Bonchev–Trinajstić information content (AvgIpc) is 3.88. The van der Waals surface area contributed by atoms with Crippen molar-refractivity contribution in [3.63, 3.8) is 0 Å². The molecule has 11 aromatic rings. The van der Waals surface area contributed by atoms with Crippen LogP contribution in [0.1, 0.15) is 145 Å². The summed E-state index contributed by atoms with van der Waals surface area (Å²) in [5.41, 5.74) is 14.8. The molecule has 0 radical (unpaired) electrons.